The molecule has 2 heteroatoms. The first-order chi connectivity index (χ1) is 6.72. The molecule has 2 atom stereocenters. The van der Waals surface area contributed by atoms with Crippen LogP contribution >= 0.6 is 0 Å². The van der Waals surface area contributed by atoms with Gasteiger partial charge in [-0.1, -0.05) is 26.2 Å². The van der Waals surface area contributed by atoms with Crippen LogP contribution in [0.4, 0.5) is 0 Å². The van der Waals surface area contributed by atoms with Crippen LogP contribution in [0.15, 0.2) is 0 Å². The van der Waals surface area contributed by atoms with E-state index in [1.54, 1.807) is 0 Å². The van der Waals surface area contributed by atoms with Gasteiger partial charge in [-0.2, -0.15) is 0 Å². The van der Waals surface area contributed by atoms with Gasteiger partial charge in [-0.05, 0) is 31.1 Å². The van der Waals surface area contributed by atoms with Gasteiger partial charge in [0.15, 0.2) is 0 Å². The number of carbonyl (C=O) groups is 1. The maximum absolute atomic E-state index is 10.7. The number of rotatable bonds is 4. The van der Waals surface area contributed by atoms with Crippen LogP contribution in [0.25, 0.3) is 0 Å². The summed E-state index contributed by atoms with van der Waals surface area (Å²) >= 11 is 0. The number of hydrogen-bond acceptors (Lipinski definition) is 2. The van der Waals surface area contributed by atoms with Crippen molar-refractivity contribution in [3.63, 3.8) is 0 Å². The molecule has 2 nitrogen and oxygen atoms in total. The first kappa shape index (κ1) is 11.5. The zero-order chi connectivity index (χ0) is 10.4. The molecule has 1 aliphatic rings. The fourth-order valence-corrected chi connectivity index (χ4v) is 2.27. The molecule has 0 aliphatic heterocycles. The fraction of sp³-hybridized carbons (Fsp3) is 0.833. The van der Waals surface area contributed by atoms with Crippen LogP contribution in [0.5, 0.6) is 0 Å². The van der Waals surface area contributed by atoms with E-state index in [2.05, 4.69) is 13.3 Å². The molecule has 1 saturated carbocycles. The molecule has 0 aromatic heterocycles. The molecule has 0 heterocycles. The lowest BCUT2D eigenvalue weighted by molar-refractivity contribution is -0.142. The third-order valence-electron chi connectivity index (χ3n) is 2.91. The van der Waals surface area contributed by atoms with Crippen LogP contribution < -0.4 is 0 Å². The summed E-state index contributed by atoms with van der Waals surface area (Å²) in [5.41, 5.74) is 0. The van der Waals surface area contributed by atoms with Crippen LogP contribution in [-0.2, 0) is 9.53 Å². The molecule has 81 valence electrons. The Balaban J connectivity index is 2.21. The molecule has 2 unspecified atom stereocenters. The third-order valence-corrected chi connectivity index (χ3v) is 2.91. The largest absolute Gasteiger partial charge is 0.466 e. The lowest BCUT2D eigenvalue weighted by atomic mass is 9.80. The first-order valence-electron chi connectivity index (χ1n) is 5.69. The Bertz CT molecular complexity index is 175. The van der Waals surface area contributed by atoms with Gasteiger partial charge in [0.1, 0.15) is 0 Å². The van der Waals surface area contributed by atoms with E-state index in [9.17, 15) is 4.79 Å². The maximum Gasteiger partial charge on any atom is 0.302 e. The maximum atomic E-state index is 10.7. The summed E-state index contributed by atoms with van der Waals surface area (Å²) in [6, 6.07) is 0. The Labute approximate surface area is 87.0 Å². The Morgan fingerprint density at radius 3 is 2.93 bits per heavy atom. The summed E-state index contributed by atoms with van der Waals surface area (Å²) in [6.07, 6.45) is 8.60. The van der Waals surface area contributed by atoms with Crippen molar-refractivity contribution in [1.82, 2.24) is 0 Å². The zero-order valence-electron chi connectivity index (χ0n) is 9.29. The van der Waals surface area contributed by atoms with Gasteiger partial charge in [-0.15, -0.1) is 0 Å². The van der Waals surface area contributed by atoms with Crippen molar-refractivity contribution >= 4 is 5.97 Å². The smallest absolute Gasteiger partial charge is 0.302 e. The van der Waals surface area contributed by atoms with Crippen molar-refractivity contribution in [3.05, 3.63) is 6.42 Å². The SMILES string of the molecule is CC[CH]C1CCCC(COC(C)=O)C1. The van der Waals surface area contributed by atoms with Crippen molar-refractivity contribution in [2.24, 2.45) is 11.8 Å². The van der Waals surface area contributed by atoms with Crippen molar-refractivity contribution in [3.8, 4) is 0 Å². The predicted octanol–water partition coefficient (Wildman–Crippen LogP) is 2.97. The molecule has 0 saturated heterocycles. The van der Waals surface area contributed by atoms with Gasteiger partial charge in [-0.25, -0.2) is 0 Å². The molecule has 1 aliphatic carbocycles. The van der Waals surface area contributed by atoms with Crippen molar-refractivity contribution in [1.29, 1.82) is 0 Å². The van der Waals surface area contributed by atoms with E-state index in [0.29, 0.717) is 12.5 Å². The molecule has 14 heavy (non-hydrogen) atoms. The van der Waals surface area contributed by atoms with E-state index in [0.717, 1.165) is 12.3 Å². The first-order valence-corrected chi connectivity index (χ1v) is 5.69. The number of ether oxygens (including phenoxy) is 1. The topological polar surface area (TPSA) is 26.3 Å². The summed E-state index contributed by atoms with van der Waals surface area (Å²) in [5.74, 6) is 1.21. The third kappa shape index (κ3) is 4.12. The monoisotopic (exact) mass is 197 g/mol. The Kier molecular flexibility index (Phi) is 4.99. The second kappa shape index (κ2) is 6.05. The predicted molar refractivity (Wildman–Crippen MR) is 56.7 cm³/mol. The second-order valence-electron chi connectivity index (χ2n) is 4.24. The van der Waals surface area contributed by atoms with E-state index >= 15 is 0 Å². The molecule has 0 aromatic carbocycles. The van der Waals surface area contributed by atoms with Crippen LogP contribution in [-0.4, -0.2) is 12.6 Å². The summed E-state index contributed by atoms with van der Waals surface area (Å²) < 4.78 is 5.05. The molecule has 0 N–H and O–H groups in total. The lowest BCUT2D eigenvalue weighted by Crippen LogP contribution is -2.21. The molecule has 0 aromatic rings. The fourth-order valence-electron chi connectivity index (χ4n) is 2.27. The Morgan fingerprint density at radius 1 is 1.50 bits per heavy atom. The van der Waals surface area contributed by atoms with Gasteiger partial charge in [0.05, 0.1) is 6.61 Å². The minimum absolute atomic E-state index is 0.147. The van der Waals surface area contributed by atoms with Crippen LogP contribution in [0.2, 0.25) is 0 Å². The Hall–Kier alpha value is -0.530. The molecule has 0 spiro atoms. The minimum atomic E-state index is -0.147. The summed E-state index contributed by atoms with van der Waals surface area (Å²) in [5, 5.41) is 0. The van der Waals surface area contributed by atoms with Gasteiger partial charge in [0.2, 0.25) is 0 Å². The van der Waals surface area contributed by atoms with Crippen LogP contribution in [0.1, 0.15) is 46.0 Å². The molecular formula is C12H21O2. The summed E-state index contributed by atoms with van der Waals surface area (Å²) in [6.45, 7) is 4.30. The molecular weight excluding hydrogens is 176 g/mol. The van der Waals surface area contributed by atoms with E-state index in [1.807, 2.05) is 0 Å². The average Bonchev–Trinajstić information content (AvgIpc) is 2.16. The second-order valence-corrected chi connectivity index (χ2v) is 4.24. The van der Waals surface area contributed by atoms with E-state index in [1.165, 1.54) is 32.6 Å². The van der Waals surface area contributed by atoms with Crippen molar-refractivity contribution in [2.45, 2.75) is 46.0 Å². The molecule has 0 bridgehead atoms. The minimum Gasteiger partial charge on any atom is -0.466 e. The summed E-state index contributed by atoms with van der Waals surface area (Å²) in [7, 11) is 0. The molecule has 0 amide bonds. The van der Waals surface area contributed by atoms with Gasteiger partial charge >= 0.3 is 5.97 Å². The highest BCUT2D eigenvalue weighted by Gasteiger charge is 2.22. The molecule has 1 radical (unpaired) electrons. The highest BCUT2D eigenvalue weighted by Crippen LogP contribution is 2.31. The quantitative estimate of drug-likeness (QED) is 0.648. The zero-order valence-corrected chi connectivity index (χ0v) is 9.29. The van der Waals surface area contributed by atoms with Gasteiger partial charge in [-0.3, -0.25) is 4.79 Å². The highest BCUT2D eigenvalue weighted by atomic mass is 16.5. The number of hydrogen-bond donors (Lipinski definition) is 0. The standard InChI is InChI=1S/C12H21O2/c1-3-5-11-6-4-7-12(8-11)9-14-10(2)13/h5,11-12H,3-4,6-9H2,1-2H3. The normalized spacial score (nSPS) is 27.3. The van der Waals surface area contributed by atoms with E-state index in [-0.39, 0.29) is 5.97 Å². The number of esters is 1. The average molecular weight is 197 g/mol. The van der Waals surface area contributed by atoms with Gasteiger partial charge in [0, 0.05) is 6.92 Å². The van der Waals surface area contributed by atoms with Gasteiger partial charge in [0.25, 0.3) is 0 Å². The molecule has 1 fully saturated rings. The van der Waals surface area contributed by atoms with Crippen LogP contribution in [0.3, 0.4) is 0 Å². The summed E-state index contributed by atoms with van der Waals surface area (Å²) in [4.78, 5) is 10.7. The van der Waals surface area contributed by atoms with Gasteiger partial charge < -0.3 is 4.74 Å². The van der Waals surface area contributed by atoms with Crippen LogP contribution in [0, 0.1) is 18.3 Å². The number of carbonyl (C=O) groups excluding carboxylic acids is 1. The van der Waals surface area contributed by atoms with E-state index < -0.39 is 0 Å². The molecule has 1 rings (SSSR count). The lowest BCUT2D eigenvalue weighted by Gasteiger charge is -2.28. The Morgan fingerprint density at radius 2 is 2.29 bits per heavy atom. The van der Waals surface area contributed by atoms with Crippen molar-refractivity contribution < 1.29 is 9.53 Å². The van der Waals surface area contributed by atoms with Crippen molar-refractivity contribution in [2.75, 3.05) is 6.61 Å². The van der Waals surface area contributed by atoms with E-state index in [4.69, 9.17) is 4.74 Å². The highest BCUT2D eigenvalue weighted by molar-refractivity contribution is 5.65.